The van der Waals surface area contributed by atoms with Gasteiger partial charge in [0, 0.05) is 32.2 Å². The quantitative estimate of drug-likeness (QED) is 0.632. The van der Waals surface area contributed by atoms with Crippen molar-refractivity contribution in [3.05, 3.63) is 53.2 Å². The minimum Gasteiger partial charge on any atom is -0.336 e. The monoisotopic (exact) mass is 413 g/mol. The van der Waals surface area contributed by atoms with E-state index in [1.165, 1.54) is 24.1 Å². The predicted molar refractivity (Wildman–Crippen MR) is 105 cm³/mol. The molecule has 0 unspecified atom stereocenters. The number of likely N-dealkylation sites (N-methyl/N-ethyl adjacent to an activating group) is 2. The highest BCUT2D eigenvalue weighted by Gasteiger charge is 2.26. The van der Waals surface area contributed by atoms with Crippen LogP contribution in [0.5, 0.6) is 0 Å². The molecule has 0 spiro atoms. The van der Waals surface area contributed by atoms with Crippen molar-refractivity contribution in [2.24, 2.45) is 0 Å². The first-order valence-electron chi connectivity index (χ1n) is 8.37. The van der Waals surface area contributed by atoms with Crippen LogP contribution < -0.4 is 0 Å². The van der Waals surface area contributed by atoms with E-state index in [0.717, 1.165) is 15.6 Å². The van der Waals surface area contributed by atoms with Gasteiger partial charge in [0.25, 0.3) is 10.0 Å². The summed E-state index contributed by atoms with van der Waals surface area (Å²) >= 11 is 1.10. The van der Waals surface area contributed by atoms with Crippen LogP contribution in [0, 0.1) is 5.82 Å². The molecule has 1 aromatic heterocycles. The molecule has 2 rings (SSSR count). The molecule has 27 heavy (non-hydrogen) atoms. The van der Waals surface area contributed by atoms with E-state index in [-0.39, 0.29) is 29.0 Å². The zero-order valence-electron chi connectivity index (χ0n) is 15.6. The van der Waals surface area contributed by atoms with Gasteiger partial charge < -0.3 is 9.80 Å². The summed E-state index contributed by atoms with van der Waals surface area (Å²) in [6.07, 6.45) is 0. The average Bonchev–Trinajstić information content (AvgIpc) is 3.15. The number of rotatable bonds is 9. The predicted octanol–water partition coefficient (Wildman–Crippen LogP) is 2.10. The first-order valence-corrected chi connectivity index (χ1v) is 10.7. The summed E-state index contributed by atoms with van der Waals surface area (Å²) in [5.41, 5.74) is 0.397. The Balaban J connectivity index is 2.14. The number of carbonyl (C=O) groups excluding carboxylic acids is 1. The Kier molecular flexibility index (Phi) is 7.49. The molecule has 0 aliphatic carbocycles. The highest BCUT2D eigenvalue weighted by molar-refractivity contribution is 7.91. The van der Waals surface area contributed by atoms with Crippen molar-refractivity contribution >= 4 is 27.3 Å². The van der Waals surface area contributed by atoms with E-state index in [2.05, 4.69) is 0 Å². The van der Waals surface area contributed by atoms with Crippen LogP contribution in [-0.4, -0.2) is 69.2 Å². The van der Waals surface area contributed by atoms with Crippen molar-refractivity contribution in [2.75, 3.05) is 40.8 Å². The molecule has 0 fully saturated rings. The average molecular weight is 414 g/mol. The maximum Gasteiger partial charge on any atom is 0.252 e. The lowest BCUT2D eigenvalue weighted by atomic mass is 10.2. The highest BCUT2D eigenvalue weighted by Crippen LogP contribution is 2.20. The highest BCUT2D eigenvalue weighted by atomic mass is 32.2. The Bertz CT molecular complexity index is 854. The smallest absolute Gasteiger partial charge is 0.252 e. The third kappa shape index (κ3) is 5.83. The Hall–Kier alpha value is -1.81. The molecule has 2 aromatic rings. The molecule has 0 radical (unpaired) electrons. The van der Waals surface area contributed by atoms with E-state index >= 15 is 0 Å². The lowest BCUT2D eigenvalue weighted by Crippen LogP contribution is -2.43. The fourth-order valence-electron chi connectivity index (χ4n) is 2.38. The number of hydrogen-bond donors (Lipinski definition) is 0. The number of benzene rings is 1. The van der Waals surface area contributed by atoms with Crippen LogP contribution in [0.2, 0.25) is 0 Å². The van der Waals surface area contributed by atoms with Crippen molar-refractivity contribution in [3.63, 3.8) is 0 Å². The van der Waals surface area contributed by atoms with Gasteiger partial charge in [-0.3, -0.25) is 4.79 Å². The zero-order valence-corrected chi connectivity index (χ0v) is 17.3. The van der Waals surface area contributed by atoms with Gasteiger partial charge in [0.05, 0.1) is 6.54 Å². The molecule has 0 aliphatic rings. The van der Waals surface area contributed by atoms with Gasteiger partial charge >= 0.3 is 0 Å². The molecule has 0 saturated heterocycles. The van der Waals surface area contributed by atoms with Crippen LogP contribution in [0.1, 0.15) is 5.56 Å². The fraction of sp³-hybridized carbons (Fsp3) is 0.389. The standard InChI is InChI=1S/C18H24FN3O3S2/c1-20(2)10-11-22(13-15-7-4-5-8-16(15)19)17(23)14-21(3)27(24,25)18-9-6-12-26-18/h4-9,12H,10-11,13-14H2,1-3H3. The van der Waals surface area contributed by atoms with E-state index in [9.17, 15) is 17.6 Å². The number of sulfonamides is 1. The second-order valence-corrected chi connectivity index (χ2v) is 9.62. The van der Waals surface area contributed by atoms with Crippen molar-refractivity contribution in [1.29, 1.82) is 0 Å². The van der Waals surface area contributed by atoms with Gasteiger partial charge in [0.15, 0.2) is 0 Å². The van der Waals surface area contributed by atoms with Gasteiger partial charge in [-0.2, -0.15) is 4.31 Å². The molecule has 0 atom stereocenters. The number of nitrogens with zero attached hydrogens (tertiary/aromatic N) is 3. The zero-order chi connectivity index (χ0) is 20.0. The summed E-state index contributed by atoms with van der Waals surface area (Å²) in [5.74, 6) is -0.762. The van der Waals surface area contributed by atoms with E-state index in [1.54, 1.807) is 29.6 Å². The summed E-state index contributed by atoms with van der Waals surface area (Å²) in [6, 6.07) is 9.42. The van der Waals surface area contributed by atoms with Crippen LogP contribution in [0.4, 0.5) is 4.39 Å². The van der Waals surface area contributed by atoms with Crippen LogP contribution >= 0.6 is 11.3 Å². The molecule has 0 aliphatic heterocycles. The molecule has 9 heteroatoms. The van der Waals surface area contributed by atoms with Crippen molar-refractivity contribution in [3.8, 4) is 0 Å². The molecule has 0 saturated carbocycles. The molecule has 148 valence electrons. The van der Waals surface area contributed by atoms with E-state index in [1.807, 2.05) is 19.0 Å². The minimum atomic E-state index is -3.72. The summed E-state index contributed by atoms with van der Waals surface area (Å²) < 4.78 is 40.3. The van der Waals surface area contributed by atoms with Crippen LogP contribution in [0.3, 0.4) is 0 Å². The van der Waals surface area contributed by atoms with E-state index < -0.39 is 10.0 Å². The SMILES string of the molecule is CN(C)CCN(Cc1ccccc1F)C(=O)CN(C)S(=O)(=O)c1cccs1. The van der Waals surface area contributed by atoms with Crippen LogP contribution in [0.15, 0.2) is 46.0 Å². The third-order valence-corrected chi connectivity index (χ3v) is 7.18. The molecule has 1 heterocycles. The van der Waals surface area contributed by atoms with Gasteiger partial charge in [-0.15, -0.1) is 11.3 Å². The van der Waals surface area contributed by atoms with Crippen LogP contribution in [-0.2, 0) is 21.4 Å². The lowest BCUT2D eigenvalue weighted by molar-refractivity contribution is -0.132. The Labute approximate surface area is 163 Å². The van der Waals surface area contributed by atoms with Gasteiger partial charge in [-0.1, -0.05) is 24.3 Å². The van der Waals surface area contributed by atoms with Gasteiger partial charge in [-0.05, 0) is 31.6 Å². The Morgan fingerprint density at radius 3 is 2.37 bits per heavy atom. The molecule has 0 bridgehead atoms. The molecule has 0 N–H and O–H groups in total. The number of thiophene rings is 1. The maximum absolute atomic E-state index is 14.0. The maximum atomic E-state index is 14.0. The lowest BCUT2D eigenvalue weighted by Gasteiger charge is -2.26. The normalized spacial score (nSPS) is 11.9. The number of carbonyl (C=O) groups is 1. The van der Waals surface area contributed by atoms with Gasteiger partial charge in [0.2, 0.25) is 5.91 Å². The second kappa shape index (κ2) is 9.41. The Morgan fingerprint density at radius 1 is 1.07 bits per heavy atom. The Morgan fingerprint density at radius 2 is 1.78 bits per heavy atom. The fourth-order valence-corrected chi connectivity index (χ4v) is 4.71. The first kappa shape index (κ1) is 21.5. The van der Waals surface area contributed by atoms with Crippen molar-refractivity contribution in [1.82, 2.24) is 14.1 Å². The van der Waals surface area contributed by atoms with Crippen LogP contribution in [0.25, 0.3) is 0 Å². The van der Waals surface area contributed by atoms with Gasteiger partial charge in [0.1, 0.15) is 10.0 Å². The minimum absolute atomic E-state index is 0.0895. The summed E-state index contributed by atoms with van der Waals surface area (Å²) in [7, 11) is 1.41. The largest absolute Gasteiger partial charge is 0.336 e. The molecular weight excluding hydrogens is 389 g/mol. The van der Waals surface area contributed by atoms with Crippen molar-refractivity contribution in [2.45, 2.75) is 10.8 Å². The summed E-state index contributed by atoms with van der Waals surface area (Å²) in [6.45, 7) is 0.739. The first-order chi connectivity index (χ1) is 12.7. The molecule has 6 nitrogen and oxygen atoms in total. The number of halogens is 1. The third-order valence-electron chi connectivity index (χ3n) is 4.01. The number of amides is 1. The van der Waals surface area contributed by atoms with E-state index in [0.29, 0.717) is 18.7 Å². The second-order valence-electron chi connectivity index (χ2n) is 6.40. The van der Waals surface area contributed by atoms with Crippen molar-refractivity contribution < 1.29 is 17.6 Å². The van der Waals surface area contributed by atoms with E-state index in [4.69, 9.17) is 0 Å². The van der Waals surface area contributed by atoms with Gasteiger partial charge in [-0.25, -0.2) is 12.8 Å². The topological polar surface area (TPSA) is 60.9 Å². The molecular formula is C18H24FN3O3S2. The summed E-state index contributed by atoms with van der Waals surface area (Å²) in [5, 5.41) is 1.67. The number of hydrogen-bond acceptors (Lipinski definition) is 5. The molecule has 1 amide bonds. The molecule has 1 aromatic carbocycles. The summed E-state index contributed by atoms with van der Waals surface area (Å²) in [4.78, 5) is 16.2.